The molecule has 2 rings (SSSR count). The quantitative estimate of drug-likeness (QED) is 0.818. The van der Waals surface area contributed by atoms with Crippen LogP contribution >= 0.6 is 0 Å². The molecule has 1 aliphatic heterocycles. The van der Waals surface area contributed by atoms with Gasteiger partial charge in [-0.15, -0.1) is 0 Å². The molecule has 0 radical (unpaired) electrons. The van der Waals surface area contributed by atoms with Crippen LogP contribution in [0.1, 0.15) is 41.1 Å². The van der Waals surface area contributed by atoms with E-state index in [1.807, 2.05) is 0 Å². The number of amides is 2. The molecule has 0 saturated carbocycles. The van der Waals surface area contributed by atoms with Crippen molar-refractivity contribution < 1.29 is 23.9 Å². The van der Waals surface area contributed by atoms with E-state index in [-0.39, 0.29) is 29.7 Å². The van der Waals surface area contributed by atoms with Crippen LogP contribution in [0.4, 0.5) is 0 Å². The molecule has 0 bridgehead atoms. The Hall–Kier alpha value is -2.11. The standard InChI is InChI=1S/C12H13NO5/c1-7-9(12(16)17)5-8(18-7)6-13-10(14)3-2-4-11(13)15/h5H,2-4,6H2,1H3,(H,16,17). The van der Waals surface area contributed by atoms with Crippen molar-refractivity contribution in [1.29, 1.82) is 0 Å². The lowest BCUT2D eigenvalue weighted by atomic mass is 10.1. The smallest absolute Gasteiger partial charge is 0.339 e. The van der Waals surface area contributed by atoms with Crippen molar-refractivity contribution in [2.45, 2.75) is 32.7 Å². The van der Waals surface area contributed by atoms with Gasteiger partial charge in [0.15, 0.2) is 0 Å². The molecule has 0 atom stereocenters. The van der Waals surface area contributed by atoms with E-state index >= 15 is 0 Å². The van der Waals surface area contributed by atoms with Crippen molar-refractivity contribution in [3.63, 3.8) is 0 Å². The number of aryl methyl sites for hydroxylation is 1. The van der Waals surface area contributed by atoms with E-state index in [9.17, 15) is 14.4 Å². The van der Waals surface area contributed by atoms with Crippen LogP contribution < -0.4 is 0 Å². The lowest BCUT2D eigenvalue weighted by molar-refractivity contribution is -0.149. The Labute approximate surface area is 103 Å². The Morgan fingerprint density at radius 1 is 1.39 bits per heavy atom. The number of carboxylic acids is 1. The number of imide groups is 1. The second kappa shape index (κ2) is 4.64. The van der Waals surface area contributed by atoms with Gasteiger partial charge in [0.1, 0.15) is 17.1 Å². The third kappa shape index (κ3) is 2.27. The molecule has 0 aliphatic carbocycles. The molecule has 1 aliphatic rings. The topological polar surface area (TPSA) is 87.8 Å². The van der Waals surface area contributed by atoms with Crippen LogP contribution in [0.25, 0.3) is 0 Å². The number of carbonyl (C=O) groups is 3. The van der Waals surface area contributed by atoms with E-state index in [1.165, 1.54) is 13.0 Å². The molecule has 1 aromatic heterocycles. The van der Waals surface area contributed by atoms with E-state index < -0.39 is 5.97 Å². The normalized spacial score (nSPS) is 16.2. The van der Waals surface area contributed by atoms with Crippen LogP contribution in [0.2, 0.25) is 0 Å². The van der Waals surface area contributed by atoms with Gasteiger partial charge in [-0.25, -0.2) is 4.79 Å². The van der Waals surface area contributed by atoms with Crippen LogP contribution in [0.15, 0.2) is 10.5 Å². The summed E-state index contributed by atoms with van der Waals surface area (Å²) in [6.45, 7) is 1.54. The van der Waals surface area contributed by atoms with Gasteiger partial charge >= 0.3 is 5.97 Å². The largest absolute Gasteiger partial charge is 0.478 e. The summed E-state index contributed by atoms with van der Waals surface area (Å²) < 4.78 is 5.25. The Balaban J connectivity index is 2.18. The van der Waals surface area contributed by atoms with Crippen molar-refractivity contribution in [1.82, 2.24) is 4.90 Å². The van der Waals surface area contributed by atoms with Gasteiger partial charge in [-0.2, -0.15) is 0 Å². The molecule has 0 aromatic carbocycles. The van der Waals surface area contributed by atoms with Crippen LogP contribution in [-0.2, 0) is 16.1 Å². The zero-order chi connectivity index (χ0) is 13.3. The predicted octanol–water partition coefficient (Wildman–Crippen LogP) is 1.33. The molecule has 0 spiro atoms. The van der Waals surface area contributed by atoms with E-state index in [1.54, 1.807) is 0 Å². The lowest BCUT2D eigenvalue weighted by Gasteiger charge is -2.23. The number of piperidine rings is 1. The summed E-state index contributed by atoms with van der Waals surface area (Å²) in [5, 5.41) is 8.88. The van der Waals surface area contributed by atoms with E-state index in [0.717, 1.165) is 4.90 Å². The van der Waals surface area contributed by atoms with Crippen molar-refractivity contribution in [2.24, 2.45) is 0 Å². The van der Waals surface area contributed by atoms with Crippen LogP contribution in [-0.4, -0.2) is 27.8 Å². The molecule has 0 unspecified atom stereocenters. The highest BCUT2D eigenvalue weighted by Gasteiger charge is 2.27. The number of hydrogen-bond donors (Lipinski definition) is 1. The molecule has 1 saturated heterocycles. The predicted molar refractivity (Wildman–Crippen MR) is 59.8 cm³/mol. The molecular formula is C12H13NO5. The summed E-state index contributed by atoms with van der Waals surface area (Å²) in [5.74, 6) is -0.976. The summed E-state index contributed by atoms with van der Waals surface area (Å²) >= 11 is 0. The van der Waals surface area contributed by atoms with E-state index in [2.05, 4.69) is 0 Å². The van der Waals surface area contributed by atoms with Crippen LogP contribution in [0.3, 0.4) is 0 Å². The number of carboxylic acid groups (broad SMARTS) is 1. The molecule has 2 heterocycles. The van der Waals surface area contributed by atoms with Crippen molar-refractivity contribution in [3.8, 4) is 0 Å². The zero-order valence-corrected chi connectivity index (χ0v) is 9.93. The van der Waals surface area contributed by atoms with Gasteiger partial charge in [0.2, 0.25) is 11.8 Å². The average Bonchev–Trinajstić information content (AvgIpc) is 2.65. The number of furan rings is 1. The van der Waals surface area contributed by atoms with Crippen molar-refractivity contribution in [3.05, 3.63) is 23.2 Å². The Morgan fingerprint density at radius 3 is 2.50 bits per heavy atom. The minimum absolute atomic E-state index is 0.00574. The molecule has 6 nitrogen and oxygen atoms in total. The maximum atomic E-state index is 11.6. The first-order valence-electron chi connectivity index (χ1n) is 5.65. The first kappa shape index (κ1) is 12.3. The highest BCUT2D eigenvalue weighted by Crippen LogP contribution is 2.20. The molecule has 96 valence electrons. The van der Waals surface area contributed by atoms with Crippen LogP contribution in [0.5, 0.6) is 0 Å². The molecule has 1 N–H and O–H groups in total. The molecule has 1 fully saturated rings. The third-order valence-electron chi connectivity index (χ3n) is 2.90. The summed E-state index contributed by atoms with van der Waals surface area (Å²) in [5.41, 5.74) is 0.0573. The molecule has 2 amide bonds. The highest BCUT2D eigenvalue weighted by atomic mass is 16.4. The van der Waals surface area contributed by atoms with Gasteiger partial charge in [0.05, 0.1) is 6.54 Å². The summed E-state index contributed by atoms with van der Waals surface area (Å²) in [4.78, 5) is 35.1. The van der Waals surface area contributed by atoms with E-state index in [4.69, 9.17) is 9.52 Å². The maximum absolute atomic E-state index is 11.6. The number of rotatable bonds is 3. The second-order valence-corrected chi connectivity index (χ2v) is 4.21. The number of carbonyl (C=O) groups excluding carboxylic acids is 2. The first-order valence-corrected chi connectivity index (χ1v) is 5.65. The van der Waals surface area contributed by atoms with E-state index in [0.29, 0.717) is 25.0 Å². The van der Waals surface area contributed by atoms with Gasteiger partial charge < -0.3 is 9.52 Å². The average molecular weight is 251 g/mol. The molecular weight excluding hydrogens is 238 g/mol. The highest BCUT2D eigenvalue weighted by molar-refractivity contribution is 5.97. The number of likely N-dealkylation sites (tertiary alicyclic amines) is 1. The summed E-state index contributed by atoms with van der Waals surface area (Å²) in [7, 11) is 0. The number of nitrogens with zero attached hydrogens (tertiary/aromatic N) is 1. The fourth-order valence-corrected chi connectivity index (χ4v) is 1.97. The SMILES string of the molecule is Cc1oc(CN2C(=O)CCCC2=O)cc1C(=O)O. The molecule has 18 heavy (non-hydrogen) atoms. The Kier molecular flexibility index (Phi) is 3.18. The first-order chi connectivity index (χ1) is 8.49. The van der Waals surface area contributed by atoms with Crippen molar-refractivity contribution in [2.75, 3.05) is 0 Å². The maximum Gasteiger partial charge on any atom is 0.339 e. The van der Waals surface area contributed by atoms with Gasteiger partial charge in [0, 0.05) is 12.8 Å². The summed E-state index contributed by atoms with van der Waals surface area (Å²) in [6, 6.07) is 1.35. The number of hydrogen-bond acceptors (Lipinski definition) is 4. The summed E-state index contributed by atoms with van der Waals surface area (Å²) in [6.07, 6.45) is 1.26. The lowest BCUT2D eigenvalue weighted by Crippen LogP contribution is -2.39. The van der Waals surface area contributed by atoms with Gasteiger partial charge in [-0.1, -0.05) is 0 Å². The van der Waals surface area contributed by atoms with Crippen LogP contribution in [0, 0.1) is 6.92 Å². The Morgan fingerprint density at radius 2 is 2.00 bits per heavy atom. The fourth-order valence-electron chi connectivity index (χ4n) is 1.97. The monoisotopic (exact) mass is 251 g/mol. The van der Waals surface area contributed by atoms with Gasteiger partial charge in [-0.05, 0) is 19.4 Å². The molecule has 6 heteroatoms. The zero-order valence-electron chi connectivity index (χ0n) is 9.93. The van der Waals surface area contributed by atoms with Gasteiger partial charge in [0.25, 0.3) is 0 Å². The van der Waals surface area contributed by atoms with Crippen molar-refractivity contribution >= 4 is 17.8 Å². The fraction of sp³-hybridized carbons (Fsp3) is 0.417. The Bertz CT molecular complexity index is 501. The second-order valence-electron chi connectivity index (χ2n) is 4.21. The minimum atomic E-state index is -1.08. The number of aromatic carboxylic acids is 1. The molecule has 1 aromatic rings. The minimum Gasteiger partial charge on any atom is -0.478 e. The van der Waals surface area contributed by atoms with Gasteiger partial charge in [-0.3, -0.25) is 14.5 Å². The third-order valence-corrected chi connectivity index (χ3v) is 2.90.